The highest BCUT2D eigenvalue weighted by atomic mass is 16.5. The number of amides is 1. The Kier molecular flexibility index (Phi) is 6.28. The fourth-order valence-corrected chi connectivity index (χ4v) is 2.18. The molecular formula is C20H25NO4. The molecule has 2 rings (SSSR count). The number of hydrogen-bond donors (Lipinski definition) is 2. The topological polar surface area (TPSA) is 67.8 Å². The van der Waals surface area contributed by atoms with Gasteiger partial charge in [-0.2, -0.15) is 0 Å². The first-order valence-electron chi connectivity index (χ1n) is 8.27. The van der Waals surface area contributed by atoms with E-state index in [1.165, 1.54) is 11.6 Å². The summed E-state index contributed by atoms with van der Waals surface area (Å²) in [6.45, 7) is 7.08. The fraction of sp³-hybridized carbons (Fsp3) is 0.350. The molecule has 0 unspecified atom stereocenters. The standard InChI is InChI=1S/C20H25NO4/c1-20(2,3)15-8-10-16(11-9-15)24-13-12-21-19(23)14-25-18-7-5-4-6-17(18)22/h4-11,22H,12-14H2,1-3H3,(H,21,23). The van der Waals surface area contributed by atoms with E-state index >= 15 is 0 Å². The molecule has 2 N–H and O–H groups in total. The zero-order chi connectivity index (χ0) is 18.3. The smallest absolute Gasteiger partial charge is 0.258 e. The molecule has 0 atom stereocenters. The van der Waals surface area contributed by atoms with Crippen molar-refractivity contribution in [3.8, 4) is 17.2 Å². The van der Waals surface area contributed by atoms with E-state index in [0.29, 0.717) is 13.2 Å². The van der Waals surface area contributed by atoms with Gasteiger partial charge in [0.25, 0.3) is 5.91 Å². The van der Waals surface area contributed by atoms with Crippen molar-refractivity contribution in [2.24, 2.45) is 0 Å². The van der Waals surface area contributed by atoms with E-state index in [2.05, 4.69) is 26.1 Å². The second-order valence-corrected chi connectivity index (χ2v) is 6.73. The van der Waals surface area contributed by atoms with Gasteiger partial charge in [-0.3, -0.25) is 4.79 Å². The first kappa shape index (κ1) is 18.6. The number of benzene rings is 2. The summed E-state index contributed by atoms with van der Waals surface area (Å²) in [6, 6.07) is 14.5. The Labute approximate surface area is 148 Å². The van der Waals surface area contributed by atoms with Gasteiger partial charge in [0.2, 0.25) is 0 Å². The minimum atomic E-state index is -0.269. The minimum Gasteiger partial charge on any atom is -0.504 e. The average molecular weight is 343 g/mol. The molecule has 2 aromatic carbocycles. The number of aromatic hydroxyl groups is 1. The van der Waals surface area contributed by atoms with Crippen molar-refractivity contribution in [1.82, 2.24) is 5.32 Å². The predicted molar refractivity (Wildman–Crippen MR) is 97.2 cm³/mol. The van der Waals surface area contributed by atoms with Gasteiger partial charge in [-0.15, -0.1) is 0 Å². The van der Waals surface area contributed by atoms with Crippen molar-refractivity contribution in [2.45, 2.75) is 26.2 Å². The first-order valence-corrected chi connectivity index (χ1v) is 8.27. The van der Waals surface area contributed by atoms with Crippen LogP contribution < -0.4 is 14.8 Å². The number of carbonyl (C=O) groups is 1. The molecule has 0 aliphatic carbocycles. The second-order valence-electron chi connectivity index (χ2n) is 6.73. The maximum absolute atomic E-state index is 11.7. The van der Waals surface area contributed by atoms with Gasteiger partial charge in [0, 0.05) is 0 Å². The highest BCUT2D eigenvalue weighted by Crippen LogP contribution is 2.24. The van der Waals surface area contributed by atoms with E-state index in [1.807, 2.05) is 24.3 Å². The maximum Gasteiger partial charge on any atom is 0.258 e. The predicted octanol–water partition coefficient (Wildman–Crippen LogP) is 3.26. The molecule has 0 bridgehead atoms. The lowest BCUT2D eigenvalue weighted by Gasteiger charge is -2.19. The Morgan fingerprint density at radius 2 is 1.72 bits per heavy atom. The Bertz CT molecular complexity index is 690. The summed E-state index contributed by atoms with van der Waals surface area (Å²) in [5, 5.41) is 12.3. The van der Waals surface area contributed by atoms with Crippen molar-refractivity contribution in [3.63, 3.8) is 0 Å². The molecule has 0 aromatic heterocycles. The number of phenols is 1. The summed E-state index contributed by atoms with van der Waals surface area (Å²) in [4.78, 5) is 11.7. The van der Waals surface area contributed by atoms with Crippen LogP contribution in [0, 0.1) is 0 Å². The molecule has 0 heterocycles. The van der Waals surface area contributed by atoms with Gasteiger partial charge in [-0.1, -0.05) is 45.0 Å². The lowest BCUT2D eigenvalue weighted by atomic mass is 9.87. The molecule has 0 aliphatic rings. The van der Waals surface area contributed by atoms with Crippen LogP contribution in [-0.4, -0.2) is 30.8 Å². The third-order valence-corrected chi connectivity index (χ3v) is 3.64. The Morgan fingerprint density at radius 3 is 2.36 bits per heavy atom. The van der Waals surface area contributed by atoms with E-state index in [9.17, 15) is 9.90 Å². The van der Waals surface area contributed by atoms with Gasteiger partial charge >= 0.3 is 0 Å². The van der Waals surface area contributed by atoms with Crippen LogP contribution in [-0.2, 0) is 10.2 Å². The number of para-hydroxylation sites is 2. The van der Waals surface area contributed by atoms with Gasteiger partial charge in [0.05, 0.1) is 6.54 Å². The quantitative estimate of drug-likeness (QED) is 0.757. The summed E-state index contributed by atoms with van der Waals surface area (Å²) in [6.07, 6.45) is 0. The van der Waals surface area contributed by atoms with Gasteiger partial charge in [-0.25, -0.2) is 0 Å². The number of phenolic OH excluding ortho intramolecular Hbond substituents is 1. The summed E-state index contributed by atoms with van der Waals surface area (Å²) >= 11 is 0. The van der Waals surface area contributed by atoms with Gasteiger partial charge in [0.1, 0.15) is 12.4 Å². The van der Waals surface area contributed by atoms with Crippen LogP contribution >= 0.6 is 0 Å². The fourth-order valence-electron chi connectivity index (χ4n) is 2.18. The van der Waals surface area contributed by atoms with Crippen LogP contribution in [0.2, 0.25) is 0 Å². The normalized spacial score (nSPS) is 11.0. The maximum atomic E-state index is 11.7. The van der Waals surface area contributed by atoms with Crippen LogP contribution in [0.1, 0.15) is 26.3 Å². The van der Waals surface area contributed by atoms with Crippen molar-refractivity contribution in [2.75, 3.05) is 19.8 Å². The Morgan fingerprint density at radius 1 is 1.04 bits per heavy atom. The third kappa shape index (κ3) is 6.03. The lowest BCUT2D eigenvalue weighted by Crippen LogP contribution is -2.32. The van der Waals surface area contributed by atoms with Crippen molar-refractivity contribution < 1.29 is 19.4 Å². The second kappa shape index (κ2) is 8.42. The molecule has 134 valence electrons. The van der Waals surface area contributed by atoms with E-state index in [-0.39, 0.29) is 29.4 Å². The molecule has 0 saturated heterocycles. The molecule has 25 heavy (non-hydrogen) atoms. The molecule has 0 spiro atoms. The van der Waals surface area contributed by atoms with E-state index in [0.717, 1.165) is 5.75 Å². The summed E-state index contributed by atoms with van der Waals surface area (Å²) in [5.41, 5.74) is 1.36. The van der Waals surface area contributed by atoms with Crippen molar-refractivity contribution in [1.29, 1.82) is 0 Å². The van der Waals surface area contributed by atoms with Crippen LogP contribution in [0.4, 0.5) is 0 Å². The number of ether oxygens (including phenoxy) is 2. The molecule has 5 nitrogen and oxygen atoms in total. The van der Waals surface area contributed by atoms with Gasteiger partial charge in [-0.05, 0) is 35.2 Å². The molecule has 0 fully saturated rings. The zero-order valence-corrected chi connectivity index (χ0v) is 14.9. The van der Waals surface area contributed by atoms with E-state index < -0.39 is 0 Å². The highest BCUT2D eigenvalue weighted by molar-refractivity contribution is 5.77. The number of nitrogens with one attached hydrogen (secondary N) is 1. The summed E-state index contributed by atoms with van der Waals surface area (Å²) < 4.78 is 10.9. The molecule has 0 saturated carbocycles. The summed E-state index contributed by atoms with van der Waals surface area (Å²) in [5.74, 6) is 0.799. The average Bonchev–Trinajstić information content (AvgIpc) is 2.57. The molecule has 1 amide bonds. The van der Waals surface area contributed by atoms with Gasteiger partial charge in [0.15, 0.2) is 18.1 Å². The van der Waals surface area contributed by atoms with Crippen LogP contribution in [0.25, 0.3) is 0 Å². The van der Waals surface area contributed by atoms with Crippen molar-refractivity contribution in [3.05, 3.63) is 54.1 Å². The van der Waals surface area contributed by atoms with Crippen LogP contribution in [0.5, 0.6) is 17.2 Å². The Hall–Kier alpha value is -2.69. The largest absolute Gasteiger partial charge is 0.504 e. The van der Waals surface area contributed by atoms with E-state index in [4.69, 9.17) is 9.47 Å². The molecule has 5 heteroatoms. The molecule has 2 aromatic rings. The SMILES string of the molecule is CC(C)(C)c1ccc(OCCNC(=O)COc2ccccc2O)cc1. The van der Waals surface area contributed by atoms with Crippen LogP contribution in [0.3, 0.4) is 0 Å². The minimum absolute atomic E-state index is 0.0114. The number of hydrogen-bond acceptors (Lipinski definition) is 4. The molecule has 0 radical (unpaired) electrons. The van der Waals surface area contributed by atoms with Crippen LogP contribution in [0.15, 0.2) is 48.5 Å². The first-order chi connectivity index (χ1) is 11.9. The third-order valence-electron chi connectivity index (χ3n) is 3.64. The van der Waals surface area contributed by atoms with Crippen molar-refractivity contribution >= 4 is 5.91 Å². The number of rotatable bonds is 7. The number of carbonyl (C=O) groups excluding carboxylic acids is 1. The lowest BCUT2D eigenvalue weighted by molar-refractivity contribution is -0.123. The Balaban J connectivity index is 1.67. The molecular weight excluding hydrogens is 318 g/mol. The monoisotopic (exact) mass is 343 g/mol. The molecule has 0 aliphatic heterocycles. The highest BCUT2D eigenvalue weighted by Gasteiger charge is 2.13. The van der Waals surface area contributed by atoms with Gasteiger partial charge < -0.3 is 19.9 Å². The van der Waals surface area contributed by atoms with E-state index in [1.54, 1.807) is 18.2 Å². The summed E-state index contributed by atoms with van der Waals surface area (Å²) in [7, 11) is 0. The zero-order valence-electron chi connectivity index (χ0n) is 14.9.